The molecule has 1 fully saturated rings. The molecule has 0 bridgehead atoms. The highest BCUT2D eigenvalue weighted by atomic mass is 16.2. The quantitative estimate of drug-likeness (QED) is 0.857. The Morgan fingerprint density at radius 3 is 2.87 bits per heavy atom. The van der Waals surface area contributed by atoms with Crippen molar-refractivity contribution >= 4 is 22.8 Å². The van der Waals surface area contributed by atoms with E-state index < -0.39 is 0 Å². The summed E-state index contributed by atoms with van der Waals surface area (Å²) in [7, 11) is 0. The molecule has 7 nitrogen and oxygen atoms in total. The van der Waals surface area contributed by atoms with Gasteiger partial charge in [0.15, 0.2) is 5.65 Å². The van der Waals surface area contributed by atoms with Crippen molar-refractivity contribution in [3.05, 3.63) is 24.7 Å². The molecule has 1 aliphatic rings. The molecule has 2 aromatic heterocycles. The molecular weight excluding hydrogens is 292 g/mol. The number of piperidine rings is 1. The number of anilines is 1. The van der Waals surface area contributed by atoms with Crippen LogP contribution < -0.4 is 5.73 Å². The van der Waals surface area contributed by atoms with E-state index in [2.05, 4.69) is 21.6 Å². The van der Waals surface area contributed by atoms with E-state index in [0.717, 1.165) is 36.1 Å². The minimum Gasteiger partial charge on any atom is -0.383 e. The standard InChI is InChI=1S/C14H18N6O.C2H6/c1-3-11(21)19-6-4-5-10(7-19)20-14-12(9(2)18-20)13(15)16-8-17-14;1-2/h3,8,10H,1,4-7H2,2H3,(H2,15,16,17);1-2H3. The second-order valence-corrected chi connectivity index (χ2v) is 5.27. The molecule has 0 radical (unpaired) electrons. The van der Waals surface area contributed by atoms with E-state index >= 15 is 0 Å². The van der Waals surface area contributed by atoms with Crippen molar-refractivity contribution < 1.29 is 4.79 Å². The van der Waals surface area contributed by atoms with Gasteiger partial charge in [0.25, 0.3) is 0 Å². The first-order valence-electron chi connectivity index (χ1n) is 7.98. The lowest BCUT2D eigenvalue weighted by Crippen LogP contribution is -2.40. The number of aryl methyl sites for hydroxylation is 1. The summed E-state index contributed by atoms with van der Waals surface area (Å²) in [6.45, 7) is 10.8. The number of amides is 1. The maximum absolute atomic E-state index is 11.8. The Bertz CT molecular complexity index is 708. The third-order valence-electron chi connectivity index (χ3n) is 3.92. The van der Waals surface area contributed by atoms with Crippen LogP contribution in [0.15, 0.2) is 19.0 Å². The molecule has 0 saturated carbocycles. The van der Waals surface area contributed by atoms with Gasteiger partial charge in [0, 0.05) is 13.1 Å². The second-order valence-electron chi connectivity index (χ2n) is 5.27. The van der Waals surface area contributed by atoms with Crippen LogP contribution >= 0.6 is 0 Å². The van der Waals surface area contributed by atoms with Crippen LogP contribution in [0.3, 0.4) is 0 Å². The SMILES string of the molecule is C=CC(=O)N1CCCC(n2nc(C)c3c(N)ncnc32)C1.CC. The Hall–Kier alpha value is -2.44. The third kappa shape index (κ3) is 3.18. The molecular formula is C16H24N6O. The summed E-state index contributed by atoms with van der Waals surface area (Å²) in [5.74, 6) is 0.403. The Morgan fingerprint density at radius 1 is 1.43 bits per heavy atom. The van der Waals surface area contributed by atoms with Gasteiger partial charge in [-0.15, -0.1) is 0 Å². The van der Waals surface area contributed by atoms with Crippen LogP contribution in [0.1, 0.15) is 38.4 Å². The van der Waals surface area contributed by atoms with Crippen molar-refractivity contribution in [1.82, 2.24) is 24.6 Å². The molecule has 1 amide bonds. The van der Waals surface area contributed by atoms with E-state index in [0.29, 0.717) is 12.4 Å². The molecule has 23 heavy (non-hydrogen) atoms. The van der Waals surface area contributed by atoms with Gasteiger partial charge in [-0.2, -0.15) is 5.10 Å². The van der Waals surface area contributed by atoms with Gasteiger partial charge in [0.2, 0.25) is 5.91 Å². The van der Waals surface area contributed by atoms with Crippen LogP contribution in [0, 0.1) is 6.92 Å². The summed E-state index contributed by atoms with van der Waals surface area (Å²) in [6.07, 6.45) is 4.70. The maximum Gasteiger partial charge on any atom is 0.246 e. The highest BCUT2D eigenvalue weighted by Crippen LogP contribution is 2.27. The Balaban J connectivity index is 0.000000924. The molecule has 2 aromatic rings. The van der Waals surface area contributed by atoms with Gasteiger partial charge in [-0.1, -0.05) is 20.4 Å². The number of rotatable bonds is 2. The first-order chi connectivity index (χ1) is 11.1. The first-order valence-corrected chi connectivity index (χ1v) is 7.98. The number of hydrogen-bond acceptors (Lipinski definition) is 5. The maximum atomic E-state index is 11.8. The van der Waals surface area contributed by atoms with E-state index in [4.69, 9.17) is 5.73 Å². The van der Waals surface area contributed by atoms with E-state index in [1.54, 1.807) is 4.90 Å². The third-order valence-corrected chi connectivity index (χ3v) is 3.92. The van der Waals surface area contributed by atoms with Crippen molar-refractivity contribution in [2.45, 2.75) is 39.7 Å². The zero-order valence-electron chi connectivity index (χ0n) is 14.0. The molecule has 1 saturated heterocycles. The van der Waals surface area contributed by atoms with E-state index in [1.807, 2.05) is 25.5 Å². The lowest BCUT2D eigenvalue weighted by atomic mass is 10.1. The lowest BCUT2D eigenvalue weighted by molar-refractivity contribution is -0.127. The van der Waals surface area contributed by atoms with Crippen molar-refractivity contribution in [2.75, 3.05) is 18.8 Å². The molecule has 1 aliphatic heterocycles. The molecule has 2 N–H and O–H groups in total. The molecule has 3 rings (SSSR count). The molecule has 3 heterocycles. The van der Waals surface area contributed by atoms with Crippen LogP contribution in [-0.4, -0.2) is 43.6 Å². The van der Waals surface area contributed by atoms with Gasteiger partial charge in [0.1, 0.15) is 12.1 Å². The molecule has 0 aliphatic carbocycles. The number of carbonyl (C=O) groups is 1. The predicted molar refractivity (Wildman–Crippen MR) is 90.9 cm³/mol. The van der Waals surface area contributed by atoms with Crippen LogP contribution in [0.2, 0.25) is 0 Å². The van der Waals surface area contributed by atoms with Crippen molar-refractivity contribution in [3.63, 3.8) is 0 Å². The van der Waals surface area contributed by atoms with Crippen molar-refractivity contribution in [3.8, 4) is 0 Å². The number of nitrogens with zero attached hydrogens (tertiary/aromatic N) is 5. The van der Waals surface area contributed by atoms with Crippen LogP contribution in [0.25, 0.3) is 11.0 Å². The fourth-order valence-electron chi connectivity index (χ4n) is 2.91. The number of carbonyl (C=O) groups excluding carboxylic acids is 1. The smallest absolute Gasteiger partial charge is 0.246 e. The minimum absolute atomic E-state index is 0.0398. The molecule has 124 valence electrons. The van der Waals surface area contributed by atoms with E-state index in [-0.39, 0.29) is 11.9 Å². The van der Waals surface area contributed by atoms with Crippen LogP contribution in [-0.2, 0) is 4.79 Å². The highest BCUT2D eigenvalue weighted by molar-refractivity contribution is 5.88. The molecule has 0 aromatic carbocycles. The summed E-state index contributed by atoms with van der Waals surface area (Å²) in [4.78, 5) is 21.9. The average Bonchev–Trinajstić information content (AvgIpc) is 2.94. The highest BCUT2D eigenvalue weighted by Gasteiger charge is 2.26. The molecule has 1 unspecified atom stereocenters. The normalized spacial score (nSPS) is 17.5. The molecule has 1 atom stereocenters. The number of likely N-dealkylation sites (tertiary alicyclic amines) is 1. The number of nitrogen functional groups attached to an aromatic ring is 1. The Labute approximate surface area is 136 Å². The molecule has 0 spiro atoms. The average molecular weight is 316 g/mol. The van der Waals surface area contributed by atoms with Gasteiger partial charge >= 0.3 is 0 Å². The summed E-state index contributed by atoms with van der Waals surface area (Å²) < 4.78 is 1.88. The summed E-state index contributed by atoms with van der Waals surface area (Å²) >= 11 is 0. The minimum atomic E-state index is -0.0398. The molecule has 7 heteroatoms. The summed E-state index contributed by atoms with van der Waals surface area (Å²) in [5.41, 5.74) is 7.46. The number of nitrogens with two attached hydrogens (primary N) is 1. The largest absolute Gasteiger partial charge is 0.383 e. The van der Waals surface area contributed by atoms with Gasteiger partial charge in [-0.05, 0) is 25.8 Å². The first kappa shape index (κ1) is 16.9. The zero-order valence-corrected chi connectivity index (χ0v) is 14.0. The van der Waals surface area contributed by atoms with Crippen molar-refractivity contribution in [2.24, 2.45) is 0 Å². The monoisotopic (exact) mass is 316 g/mol. The van der Waals surface area contributed by atoms with E-state index in [1.165, 1.54) is 12.4 Å². The number of hydrogen-bond donors (Lipinski definition) is 1. The lowest BCUT2D eigenvalue weighted by Gasteiger charge is -2.32. The Kier molecular flexibility index (Phi) is 5.31. The van der Waals surface area contributed by atoms with Gasteiger partial charge in [-0.25, -0.2) is 14.6 Å². The zero-order chi connectivity index (χ0) is 17.0. The summed E-state index contributed by atoms with van der Waals surface area (Å²) in [5, 5.41) is 5.36. The second kappa shape index (κ2) is 7.21. The van der Waals surface area contributed by atoms with Gasteiger partial charge in [-0.3, -0.25) is 4.79 Å². The fourth-order valence-corrected chi connectivity index (χ4v) is 2.91. The van der Waals surface area contributed by atoms with Crippen LogP contribution in [0.4, 0.5) is 5.82 Å². The van der Waals surface area contributed by atoms with Crippen molar-refractivity contribution in [1.29, 1.82) is 0 Å². The van der Waals surface area contributed by atoms with E-state index in [9.17, 15) is 4.79 Å². The fraction of sp³-hybridized carbons (Fsp3) is 0.500. The van der Waals surface area contributed by atoms with Gasteiger partial charge in [0.05, 0.1) is 17.1 Å². The topological polar surface area (TPSA) is 89.9 Å². The number of aromatic nitrogens is 4. The Morgan fingerprint density at radius 2 is 2.17 bits per heavy atom. The van der Waals surface area contributed by atoms with Crippen LogP contribution in [0.5, 0.6) is 0 Å². The van der Waals surface area contributed by atoms with Gasteiger partial charge < -0.3 is 10.6 Å². The summed E-state index contributed by atoms with van der Waals surface area (Å²) in [6, 6.07) is 0.105. The predicted octanol–water partition coefficient (Wildman–Crippen LogP) is 2.09. The number of fused-ring (bicyclic) bond motifs is 1.